The highest BCUT2D eigenvalue weighted by Crippen LogP contribution is 2.32. The van der Waals surface area contributed by atoms with Crippen molar-refractivity contribution in [3.63, 3.8) is 0 Å². The third kappa shape index (κ3) is 2.24. The SMILES string of the molecule is O=C(N[C@H]1CCN2C(=O)[C@@H]3C[C@@H](O)CN3C(=O)[C@H]12)c1cccs1. The second kappa shape index (κ2) is 5.31. The number of aliphatic hydroxyl groups is 1. The highest BCUT2D eigenvalue weighted by molar-refractivity contribution is 7.12. The Labute approximate surface area is 136 Å². The summed E-state index contributed by atoms with van der Waals surface area (Å²) in [7, 11) is 0. The van der Waals surface area contributed by atoms with E-state index in [0.29, 0.717) is 24.3 Å². The van der Waals surface area contributed by atoms with Gasteiger partial charge in [-0.05, 0) is 17.9 Å². The van der Waals surface area contributed by atoms with Gasteiger partial charge in [-0.1, -0.05) is 6.07 Å². The van der Waals surface area contributed by atoms with E-state index in [1.807, 2.05) is 5.38 Å². The first-order valence-electron chi connectivity index (χ1n) is 7.69. The largest absolute Gasteiger partial charge is 0.391 e. The van der Waals surface area contributed by atoms with Crippen LogP contribution in [-0.4, -0.2) is 69.9 Å². The second-order valence-corrected chi connectivity index (χ2v) is 7.17. The summed E-state index contributed by atoms with van der Waals surface area (Å²) in [4.78, 5) is 41.2. The van der Waals surface area contributed by atoms with E-state index in [0.717, 1.165) is 0 Å². The van der Waals surface area contributed by atoms with E-state index in [2.05, 4.69) is 5.32 Å². The van der Waals surface area contributed by atoms with Crippen LogP contribution in [-0.2, 0) is 9.59 Å². The summed E-state index contributed by atoms with van der Waals surface area (Å²) >= 11 is 1.34. The van der Waals surface area contributed by atoms with Crippen molar-refractivity contribution < 1.29 is 19.5 Å². The minimum Gasteiger partial charge on any atom is -0.391 e. The van der Waals surface area contributed by atoms with Crippen molar-refractivity contribution in [1.29, 1.82) is 0 Å². The van der Waals surface area contributed by atoms with Crippen LogP contribution in [0.4, 0.5) is 0 Å². The fourth-order valence-corrected chi connectivity index (χ4v) is 4.42. The molecular formula is C15H17N3O4S. The smallest absolute Gasteiger partial charge is 0.261 e. The normalized spacial score (nSPS) is 32.9. The topological polar surface area (TPSA) is 89.9 Å². The fourth-order valence-electron chi connectivity index (χ4n) is 3.80. The molecule has 0 spiro atoms. The monoisotopic (exact) mass is 335 g/mol. The van der Waals surface area contributed by atoms with E-state index in [-0.39, 0.29) is 30.3 Å². The number of nitrogens with zero attached hydrogens (tertiary/aromatic N) is 2. The molecule has 3 aliphatic rings. The number of carbonyl (C=O) groups excluding carboxylic acids is 3. The Bertz CT molecular complexity index is 662. The van der Waals surface area contributed by atoms with Crippen molar-refractivity contribution in [1.82, 2.24) is 15.1 Å². The molecule has 8 heteroatoms. The number of amides is 3. The van der Waals surface area contributed by atoms with Crippen LogP contribution >= 0.6 is 11.3 Å². The predicted molar refractivity (Wildman–Crippen MR) is 81.8 cm³/mol. The molecule has 3 fully saturated rings. The van der Waals surface area contributed by atoms with E-state index in [1.54, 1.807) is 17.0 Å². The minimum absolute atomic E-state index is 0.112. The summed E-state index contributed by atoms with van der Waals surface area (Å²) in [6, 6.07) is 1.97. The molecule has 4 rings (SSSR count). The molecule has 0 aliphatic carbocycles. The number of hydrogen-bond donors (Lipinski definition) is 2. The Kier molecular flexibility index (Phi) is 3.38. The summed E-state index contributed by atoms with van der Waals surface area (Å²) in [5.74, 6) is -0.491. The number of nitrogens with one attached hydrogen (secondary N) is 1. The van der Waals surface area contributed by atoms with Crippen LogP contribution in [0.2, 0.25) is 0 Å². The zero-order valence-electron chi connectivity index (χ0n) is 12.3. The fraction of sp³-hybridized carbons (Fsp3) is 0.533. The summed E-state index contributed by atoms with van der Waals surface area (Å²) in [5.41, 5.74) is 0. The molecule has 4 heterocycles. The molecule has 3 aliphatic heterocycles. The first kappa shape index (κ1) is 14.6. The molecule has 0 radical (unpaired) electrons. The zero-order valence-corrected chi connectivity index (χ0v) is 13.2. The number of aliphatic hydroxyl groups excluding tert-OH is 1. The quantitative estimate of drug-likeness (QED) is 0.757. The average molecular weight is 335 g/mol. The summed E-state index contributed by atoms with van der Waals surface area (Å²) in [6.45, 7) is 0.663. The first-order chi connectivity index (χ1) is 11.1. The molecule has 0 unspecified atom stereocenters. The number of thiophene rings is 1. The standard InChI is InChI=1S/C15H17N3O4S/c19-8-6-10-14(21)17-4-3-9(12(17)15(22)18(10)7-8)16-13(20)11-2-1-5-23-11/h1-2,5,8-10,12,19H,3-4,6-7H2,(H,16,20)/t8-,9+,10+,12+/m1/s1. The lowest BCUT2D eigenvalue weighted by Crippen LogP contribution is -2.64. The maximum Gasteiger partial charge on any atom is 0.261 e. The van der Waals surface area contributed by atoms with Crippen LogP contribution in [0, 0.1) is 0 Å². The maximum atomic E-state index is 12.7. The van der Waals surface area contributed by atoms with Crippen molar-refractivity contribution in [3.05, 3.63) is 22.4 Å². The Balaban J connectivity index is 1.55. The van der Waals surface area contributed by atoms with Crippen LogP contribution < -0.4 is 5.32 Å². The zero-order chi connectivity index (χ0) is 16.1. The summed E-state index contributed by atoms with van der Waals surface area (Å²) in [6.07, 6.45) is 0.231. The third-order valence-corrected chi connectivity index (χ3v) is 5.71. The molecule has 2 N–H and O–H groups in total. The first-order valence-corrected chi connectivity index (χ1v) is 8.57. The van der Waals surface area contributed by atoms with Crippen LogP contribution in [0.3, 0.4) is 0 Å². The molecule has 4 atom stereocenters. The average Bonchev–Trinajstić information content (AvgIpc) is 3.23. The molecule has 122 valence electrons. The van der Waals surface area contributed by atoms with Gasteiger partial charge in [0.25, 0.3) is 5.91 Å². The Morgan fingerprint density at radius 3 is 2.87 bits per heavy atom. The molecule has 1 aromatic heterocycles. The minimum atomic E-state index is -0.646. The number of rotatable bonds is 2. The Morgan fingerprint density at radius 2 is 2.13 bits per heavy atom. The van der Waals surface area contributed by atoms with Crippen molar-refractivity contribution in [2.75, 3.05) is 13.1 Å². The number of piperazine rings is 1. The van der Waals surface area contributed by atoms with Gasteiger partial charge in [-0.2, -0.15) is 0 Å². The van der Waals surface area contributed by atoms with Crippen LogP contribution in [0.15, 0.2) is 17.5 Å². The van der Waals surface area contributed by atoms with E-state index >= 15 is 0 Å². The van der Waals surface area contributed by atoms with Gasteiger partial charge >= 0.3 is 0 Å². The van der Waals surface area contributed by atoms with Crippen LogP contribution in [0.5, 0.6) is 0 Å². The third-order valence-electron chi connectivity index (χ3n) is 4.84. The number of hydrogen-bond acceptors (Lipinski definition) is 5. The van der Waals surface area contributed by atoms with Gasteiger partial charge in [0.05, 0.1) is 17.0 Å². The van der Waals surface area contributed by atoms with E-state index < -0.39 is 18.2 Å². The highest BCUT2D eigenvalue weighted by Gasteiger charge is 2.54. The van der Waals surface area contributed by atoms with Crippen molar-refractivity contribution >= 4 is 29.1 Å². The highest BCUT2D eigenvalue weighted by atomic mass is 32.1. The predicted octanol–water partition coefficient (Wildman–Crippen LogP) is -0.577. The molecule has 3 saturated heterocycles. The van der Waals surface area contributed by atoms with Crippen molar-refractivity contribution in [3.8, 4) is 0 Å². The van der Waals surface area contributed by atoms with E-state index in [1.165, 1.54) is 16.2 Å². The molecule has 0 aromatic carbocycles. The second-order valence-electron chi connectivity index (χ2n) is 6.22. The molecule has 1 aromatic rings. The molecular weight excluding hydrogens is 318 g/mol. The van der Waals surface area contributed by atoms with Gasteiger partial charge in [0.2, 0.25) is 11.8 Å². The summed E-state index contributed by atoms with van der Waals surface area (Å²) < 4.78 is 0. The number of carbonyl (C=O) groups is 3. The van der Waals surface area contributed by atoms with Gasteiger partial charge in [-0.3, -0.25) is 14.4 Å². The number of fused-ring (bicyclic) bond motifs is 2. The maximum absolute atomic E-state index is 12.7. The van der Waals surface area contributed by atoms with Gasteiger partial charge in [0.15, 0.2) is 0 Å². The lowest BCUT2D eigenvalue weighted by molar-refractivity contribution is -0.157. The Hall–Kier alpha value is -1.93. The van der Waals surface area contributed by atoms with Gasteiger partial charge in [-0.15, -0.1) is 11.3 Å². The van der Waals surface area contributed by atoms with Crippen LogP contribution in [0.1, 0.15) is 22.5 Å². The van der Waals surface area contributed by atoms with Crippen LogP contribution in [0.25, 0.3) is 0 Å². The van der Waals surface area contributed by atoms with Gasteiger partial charge in [0.1, 0.15) is 12.1 Å². The summed E-state index contributed by atoms with van der Waals surface area (Å²) in [5, 5.41) is 14.5. The van der Waals surface area contributed by atoms with E-state index in [9.17, 15) is 19.5 Å². The van der Waals surface area contributed by atoms with Gasteiger partial charge < -0.3 is 20.2 Å². The molecule has 7 nitrogen and oxygen atoms in total. The lowest BCUT2D eigenvalue weighted by atomic mass is 10.0. The van der Waals surface area contributed by atoms with Crippen molar-refractivity contribution in [2.45, 2.75) is 37.1 Å². The van der Waals surface area contributed by atoms with Gasteiger partial charge in [-0.25, -0.2) is 0 Å². The molecule has 0 saturated carbocycles. The lowest BCUT2D eigenvalue weighted by Gasteiger charge is -2.40. The molecule has 0 bridgehead atoms. The Morgan fingerprint density at radius 1 is 1.30 bits per heavy atom. The molecule has 3 amide bonds. The van der Waals surface area contributed by atoms with Gasteiger partial charge in [0, 0.05) is 19.5 Å². The van der Waals surface area contributed by atoms with E-state index in [4.69, 9.17) is 0 Å². The molecule has 23 heavy (non-hydrogen) atoms. The van der Waals surface area contributed by atoms with Crippen molar-refractivity contribution in [2.24, 2.45) is 0 Å².